The highest BCUT2D eigenvalue weighted by molar-refractivity contribution is 5.92. The number of piperidine rings is 1. The monoisotopic (exact) mass is 446 g/mol. The molecule has 2 N–H and O–H groups in total. The molecule has 3 atom stereocenters. The maximum Gasteiger partial charge on any atom is 0.244 e. The fourth-order valence-corrected chi connectivity index (χ4v) is 5.67. The highest BCUT2D eigenvalue weighted by Crippen LogP contribution is 2.49. The summed E-state index contributed by atoms with van der Waals surface area (Å²) < 4.78 is 5.54. The van der Waals surface area contributed by atoms with Gasteiger partial charge in [-0.2, -0.15) is 0 Å². The summed E-state index contributed by atoms with van der Waals surface area (Å²) in [4.78, 5) is 15.2. The lowest BCUT2D eigenvalue weighted by atomic mass is 9.58. The normalized spacial score (nSPS) is 25.4. The van der Waals surface area contributed by atoms with Gasteiger partial charge in [0.2, 0.25) is 5.91 Å². The second-order valence-electron chi connectivity index (χ2n) is 9.30. The molecule has 4 rings (SSSR count). The van der Waals surface area contributed by atoms with Gasteiger partial charge in [-0.1, -0.05) is 30.3 Å². The Morgan fingerprint density at radius 3 is 2.91 bits per heavy atom. The fourth-order valence-electron chi connectivity index (χ4n) is 5.67. The summed E-state index contributed by atoms with van der Waals surface area (Å²) in [5.41, 5.74) is 2.15. The van der Waals surface area contributed by atoms with E-state index in [4.69, 9.17) is 4.74 Å². The predicted octanol–water partition coefficient (Wildman–Crippen LogP) is 4.53. The number of aromatic hydroxyl groups is 1. The van der Waals surface area contributed by atoms with Crippen LogP contribution in [-0.2, 0) is 10.2 Å². The standard InChI is InChI=1S/C28H34N2O3/c1-3-15-30-16-14-28(22-7-5-9-26(18-22)33-2)19-24(12-11-23(28)20-30)29-27(32)13-10-21-6-4-8-25(31)17-21/h3-10,13,17-18,23-24,31H,1,11-12,14-16,19-20H2,2H3,(H,29,32). The van der Waals surface area contributed by atoms with Crippen molar-refractivity contribution in [3.05, 3.63) is 78.4 Å². The fraction of sp³-hybridized carbons (Fsp3) is 0.393. The van der Waals surface area contributed by atoms with Crippen LogP contribution in [0.5, 0.6) is 11.5 Å². The van der Waals surface area contributed by atoms with Crippen molar-refractivity contribution < 1.29 is 14.6 Å². The third-order valence-corrected chi connectivity index (χ3v) is 7.28. The minimum atomic E-state index is -0.0910. The molecule has 5 heteroatoms. The molecule has 2 aliphatic rings. The number of phenols is 1. The smallest absolute Gasteiger partial charge is 0.244 e. The Bertz CT molecular complexity index is 1020. The van der Waals surface area contributed by atoms with Crippen LogP contribution >= 0.6 is 0 Å². The summed E-state index contributed by atoms with van der Waals surface area (Å²) in [6.45, 7) is 6.92. The zero-order valence-electron chi connectivity index (χ0n) is 19.4. The maximum atomic E-state index is 12.7. The number of nitrogens with one attached hydrogen (secondary N) is 1. The molecule has 1 saturated heterocycles. The number of nitrogens with zero attached hydrogens (tertiary/aromatic N) is 1. The molecule has 1 heterocycles. The van der Waals surface area contributed by atoms with Gasteiger partial charge in [0.05, 0.1) is 7.11 Å². The van der Waals surface area contributed by atoms with Crippen molar-refractivity contribution in [1.29, 1.82) is 0 Å². The van der Waals surface area contributed by atoms with E-state index >= 15 is 0 Å². The first-order valence-electron chi connectivity index (χ1n) is 11.8. The van der Waals surface area contributed by atoms with Gasteiger partial charge in [-0.3, -0.25) is 9.69 Å². The second kappa shape index (κ2) is 10.3. The van der Waals surface area contributed by atoms with Crippen molar-refractivity contribution in [1.82, 2.24) is 10.2 Å². The van der Waals surface area contributed by atoms with Crippen LogP contribution < -0.4 is 10.1 Å². The minimum absolute atomic E-state index is 0.0251. The van der Waals surface area contributed by atoms with Crippen LogP contribution in [0.2, 0.25) is 0 Å². The van der Waals surface area contributed by atoms with Crippen LogP contribution in [0.3, 0.4) is 0 Å². The van der Waals surface area contributed by atoms with E-state index in [0.717, 1.165) is 56.6 Å². The van der Waals surface area contributed by atoms with Gasteiger partial charge in [-0.15, -0.1) is 6.58 Å². The van der Waals surface area contributed by atoms with E-state index < -0.39 is 0 Å². The SMILES string of the molecule is C=CCN1CCC2(c3cccc(OC)c3)CC(NC(=O)C=Cc3cccc(O)c3)CCC2C1. The van der Waals surface area contributed by atoms with Crippen LogP contribution in [0.25, 0.3) is 6.08 Å². The quantitative estimate of drug-likeness (QED) is 0.485. The van der Waals surface area contributed by atoms with Gasteiger partial charge in [-0.25, -0.2) is 0 Å². The van der Waals surface area contributed by atoms with Crippen molar-refractivity contribution in [2.45, 2.75) is 37.1 Å². The van der Waals surface area contributed by atoms with E-state index in [9.17, 15) is 9.90 Å². The number of fused-ring (bicyclic) bond motifs is 1. The lowest BCUT2D eigenvalue weighted by Gasteiger charge is -2.53. The van der Waals surface area contributed by atoms with Gasteiger partial charge in [0.15, 0.2) is 0 Å². The lowest BCUT2D eigenvalue weighted by Crippen LogP contribution is -2.56. The zero-order chi connectivity index (χ0) is 23.3. The number of methoxy groups -OCH3 is 1. The summed E-state index contributed by atoms with van der Waals surface area (Å²) in [5, 5.41) is 12.9. The highest BCUT2D eigenvalue weighted by atomic mass is 16.5. The first kappa shape index (κ1) is 23.1. The van der Waals surface area contributed by atoms with Gasteiger partial charge >= 0.3 is 0 Å². The molecule has 2 aromatic carbocycles. The third kappa shape index (κ3) is 5.31. The first-order valence-corrected chi connectivity index (χ1v) is 11.8. The molecule has 33 heavy (non-hydrogen) atoms. The first-order chi connectivity index (χ1) is 16.0. The number of ether oxygens (including phenoxy) is 1. The number of carbonyl (C=O) groups excluding carboxylic acids is 1. The van der Waals surface area contributed by atoms with Gasteiger partial charge in [0.1, 0.15) is 11.5 Å². The van der Waals surface area contributed by atoms with E-state index in [2.05, 4.69) is 35.0 Å². The number of rotatable bonds is 7. The predicted molar refractivity (Wildman–Crippen MR) is 132 cm³/mol. The average molecular weight is 447 g/mol. The number of hydrogen-bond donors (Lipinski definition) is 2. The van der Waals surface area contributed by atoms with Crippen LogP contribution in [0.15, 0.2) is 67.3 Å². The Morgan fingerprint density at radius 1 is 1.27 bits per heavy atom. The van der Waals surface area contributed by atoms with E-state index in [1.54, 1.807) is 37.5 Å². The molecule has 2 fully saturated rings. The Morgan fingerprint density at radius 2 is 2.12 bits per heavy atom. The highest BCUT2D eigenvalue weighted by Gasteiger charge is 2.48. The molecule has 0 bridgehead atoms. The number of carbonyl (C=O) groups is 1. The molecular weight excluding hydrogens is 412 g/mol. The molecule has 3 unspecified atom stereocenters. The van der Waals surface area contributed by atoms with E-state index in [1.807, 2.05) is 18.2 Å². The number of amides is 1. The van der Waals surface area contributed by atoms with Gasteiger partial charge in [0, 0.05) is 30.6 Å². The molecule has 1 saturated carbocycles. The molecule has 1 aliphatic carbocycles. The minimum Gasteiger partial charge on any atom is -0.508 e. The van der Waals surface area contributed by atoms with Crippen LogP contribution in [0.1, 0.15) is 36.8 Å². The topological polar surface area (TPSA) is 61.8 Å². The van der Waals surface area contributed by atoms with Gasteiger partial charge in [0.25, 0.3) is 0 Å². The van der Waals surface area contributed by atoms with E-state index in [0.29, 0.717) is 5.92 Å². The Balaban J connectivity index is 1.52. The summed E-state index contributed by atoms with van der Waals surface area (Å²) in [5.74, 6) is 1.52. The van der Waals surface area contributed by atoms with Crippen LogP contribution in [-0.4, -0.2) is 48.7 Å². The van der Waals surface area contributed by atoms with Crippen LogP contribution in [0.4, 0.5) is 0 Å². The maximum absolute atomic E-state index is 12.7. The number of likely N-dealkylation sites (tertiary alicyclic amines) is 1. The van der Waals surface area contributed by atoms with Gasteiger partial charge < -0.3 is 15.2 Å². The number of benzene rings is 2. The van der Waals surface area contributed by atoms with Crippen molar-refractivity contribution in [2.24, 2.45) is 5.92 Å². The van der Waals surface area contributed by atoms with Crippen molar-refractivity contribution >= 4 is 12.0 Å². The number of hydrogen-bond acceptors (Lipinski definition) is 4. The average Bonchev–Trinajstić information content (AvgIpc) is 2.83. The Labute approximate surface area is 196 Å². The molecule has 0 aromatic heterocycles. The molecule has 174 valence electrons. The molecule has 0 spiro atoms. The van der Waals surface area contributed by atoms with E-state index in [1.165, 1.54) is 5.56 Å². The largest absolute Gasteiger partial charge is 0.508 e. The van der Waals surface area contributed by atoms with Crippen molar-refractivity contribution in [2.75, 3.05) is 26.7 Å². The zero-order valence-corrected chi connectivity index (χ0v) is 19.4. The summed E-state index contributed by atoms with van der Waals surface area (Å²) in [6, 6.07) is 15.5. The Hall–Kier alpha value is -3.05. The second-order valence-corrected chi connectivity index (χ2v) is 9.30. The molecule has 1 amide bonds. The molecule has 5 nitrogen and oxygen atoms in total. The molecule has 2 aromatic rings. The van der Waals surface area contributed by atoms with Crippen molar-refractivity contribution in [3.63, 3.8) is 0 Å². The molecular formula is C28H34N2O3. The molecule has 1 aliphatic heterocycles. The molecule has 0 radical (unpaired) electrons. The summed E-state index contributed by atoms with van der Waals surface area (Å²) in [6.07, 6.45) is 9.33. The van der Waals surface area contributed by atoms with E-state index in [-0.39, 0.29) is 23.1 Å². The third-order valence-electron chi connectivity index (χ3n) is 7.28. The summed E-state index contributed by atoms with van der Waals surface area (Å²) in [7, 11) is 1.71. The lowest BCUT2D eigenvalue weighted by molar-refractivity contribution is -0.117. The van der Waals surface area contributed by atoms with Gasteiger partial charge in [-0.05, 0) is 79.6 Å². The Kier molecular flexibility index (Phi) is 7.19. The number of phenolic OH excluding ortho intramolecular Hbond substituents is 1. The van der Waals surface area contributed by atoms with Crippen LogP contribution in [0, 0.1) is 5.92 Å². The summed E-state index contributed by atoms with van der Waals surface area (Å²) >= 11 is 0. The van der Waals surface area contributed by atoms with Crippen molar-refractivity contribution in [3.8, 4) is 11.5 Å².